The van der Waals surface area contributed by atoms with E-state index < -0.39 is 11.8 Å². The van der Waals surface area contributed by atoms with E-state index in [9.17, 15) is 14.0 Å². The molecule has 4 nitrogen and oxygen atoms in total. The zero-order valence-electron chi connectivity index (χ0n) is 11.5. The third-order valence-corrected chi connectivity index (χ3v) is 3.01. The predicted octanol–water partition coefficient (Wildman–Crippen LogP) is 3.15. The summed E-state index contributed by atoms with van der Waals surface area (Å²) in [7, 11) is 0. The average molecular weight is 282 g/mol. The van der Waals surface area contributed by atoms with Gasteiger partial charge in [-0.1, -0.05) is 31.5 Å². The predicted molar refractivity (Wildman–Crippen MR) is 71.5 cm³/mol. The molecule has 5 heteroatoms. The van der Waals surface area contributed by atoms with E-state index in [4.69, 9.17) is 9.84 Å². The number of aliphatic carboxylic acids is 1. The average Bonchev–Trinajstić information content (AvgIpc) is 2.42. The van der Waals surface area contributed by atoms with Crippen molar-refractivity contribution in [1.82, 2.24) is 0 Å². The zero-order chi connectivity index (χ0) is 15.0. The maximum absolute atomic E-state index is 13.3. The van der Waals surface area contributed by atoms with Crippen LogP contribution in [0.5, 0.6) is 0 Å². The highest BCUT2D eigenvalue weighted by molar-refractivity contribution is 5.72. The Hall–Kier alpha value is -1.91. The summed E-state index contributed by atoms with van der Waals surface area (Å²) in [4.78, 5) is 22.0. The van der Waals surface area contributed by atoms with Crippen molar-refractivity contribution < 1.29 is 23.8 Å². The minimum atomic E-state index is -0.834. The first-order chi connectivity index (χ1) is 9.50. The Kier molecular flexibility index (Phi) is 6.70. The van der Waals surface area contributed by atoms with Gasteiger partial charge in [-0.05, 0) is 18.9 Å². The molecule has 1 unspecified atom stereocenters. The molecule has 0 heterocycles. The summed E-state index contributed by atoms with van der Waals surface area (Å²) >= 11 is 0. The Bertz CT molecular complexity index is 459. The molecular weight excluding hydrogens is 263 g/mol. The molecule has 0 aliphatic carbocycles. The Morgan fingerprint density at radius 2 is 2.00 bits per heavy atom. The summed E-state index contributed by atoms with van der Waals surface area (Å²) in [6.45, 7) is 1.65. The number of esters is 1. The van der Waals surface area contributed by atoms with Crippen LogP contribution >= 0.6 is 0 Å². The lowest BCUT2D eigenvalue weighted by Gasteiger charge is -2.11. The second-order valence-electron chi connectivity index (χ2n) is 4.74. The molecule has 1 aromatic rings. The van der Waals surface area contributed by atoms with Gasteiger partial charge in [0.15, 0.2) is 0 Å². The van der Waals surface area contributed by atoms with Gasteiger partial charge in [0.1, 0.15) is 12.4 Å². The summed E-state index contributed by atoms with van der Waals surface area (Å²) in [6.07, 6.45) is 1.88. The number of halogens is 1. The summed E-state index contributed by atoms with van der Waals surface area (Å²) < 4.78 is 18.4. The Labute approximate surface area is 117 Å². The van der Waals surface area contributed by atoms with Gasteiger partial charge in [-0.2, -0.15) is 0 Å². The van der Waals surface area contributed by atoms with Crippen molar-refractivity contribution in [2.45, 2.75) is 39.2 Å². The van der Waals surface area contributed by atoms with Gasteiger partial charge in [-0.15, -0.1) is 0 Å². The second-order valence-corrected chi connectivity index (χ2v) is 4.74. The Balaban J connectivity index is 2.28. The van der Waals surface area contributed by atoms with Gasteiger partial charge in [0.2, 0.25) is 0 Å². The van der Waals surface area contributed by atoms with Crippen LogP contribution in [0.1, 0.15) is 38.2 Å². The monoisotopic (exact) mass is 282 g/mol. The number of hydrogen-bond donors (Lipinski definition) is 1. The fourth-order valence-electron chi connectivity index (χ4n) is 1.75. The fourth-order valence-corrected chi connectivity index (χ4v) is 1.75. The van der Waals surface area contributed by atoms with Gasteiger partial charge in [-0.25, -0.2) is 4.39 Å². The topological polar surface area (TPSA) is 63.6 Å². The number of hydrogen-bond acceptors (Lipinski definition) is 3. The first kappa shape index (κ1) is 16.1. The van der Waals surface area contributed by atoms with Gasteiger partial charge in [0, 0.05) is 12.0 Å². The maximum atomic E-state index is 13.3. The van der Waals surface area contributed by atoms with Gasteiger partial charge < -0.3 is 9.84 Å². The quantitative estimate of drug-likeness (QED) is 0.587. The van der Waals surface area contributed by atoms with Crippen LogP contribution < -0.4 is 0 Å². The van der Waals surface area contributed by atoms with Gasteiger partial charge in [-0.3, -0.25) is 9.59 Å². The van der Waals surface area contributed by atoms with Crippen molar-refractivity contribution in [3.05, 3.63) is 35.6 Å². The van der Waals surface area contributed by atoms with Crippen LogP contribution in [-0.4, -0.2) is 17.0 Å². The minimum absolute atomic E-state index is 0.0784. The lowest BCUT2D eigenvalue weighted by atomic mass is 10.0. The van der Waals surface area contributed by atoms with E-state index in [0.29, 0.717) is 24.8 Å². The van der Waals surface area contributed by atoms with Crippen molar-refractivity contribution in [2.24, 2.45) is 5.92 Å². The first-order valence-electron chi connectivity index (χ1n) is 6.62. The molecule has 0 aliphatic heterocycles. The van der Waals surface area contributed by atoms with Crippen molar-refractivity contribution in [2.75, 3.05) is 0 Å². The second kappa shape index (κ2) is 8.30. The number of ether oxygens (including phenoxy) is 1. The Morgan fingerprint density at radius 1 is 1.30 bits per heavy atom. The van der Waals surface area contributed by atoms with E-state index in [-0.39, 0.29) is 24.9 Å². The standard InChI is InChI=1S/C15H19FO4/c1-11(6-2-5-9-14(17)18)15(19)20-10-12-7-3-4-8-13(12)16/h3-4,7-8,11H,2,5-6,9-10H2,1H3,(H,17,18). The van der Waals surface area contributed by atoms with Crippen molar-refractivity contribution >= 4 is 11.9 Å². The number of unbranched alkanes of at least 4 members (excludes halogenated alkanes) is 1. The van der Waals surface area contributed by atoms with Crippen molar-refractivity contribution in [1.29, 1.82) is 0 Å². The molecule has 0 fully saturated rings. The number of carbonyl (C=O) groups is 2. The number of carboxylic acids is 1. The number of benzene rings is 1. The molecular formula is C15H19FO4. The number of carboxylic acid groups (broad SMARTS) is 1. The van der Waals surface area contributed by atoms with Crippen LogP contribution in [0.2, 0.25) is 0 Å². The molecule has 1 atom stereocenters. The van der Waals surface area contributed by atoms with E-state index in [1.165, 1.54) is 6.07 Å². The molecule has 110 valence electrons. The number of carbonyl (C=O) groups excluding carboxylic acids is 1. The smallest absolute Gasteiger partial charge is 0.308 e. The van der Waals surface area contributed by atoms with Crippen LogP contribution in [0.4, 0.5) is 4.39 Å². The highest BCUT2D eigenvalue weighted by Crippen LogP contribution is 2.13. The molecule has 1 rings (SSSR count). The normalized spacial score (nSPS) is 11.9. The van der Waals surface area contributed by atoms with Crippen molar-refractivity contribution in [3.63, 3.8) is 0 Å². The summed E-state index contributed by atoms with van der Waals surface area (Å²) in [5.74, 6) is -1.92. The van der Waals surface area contributed by atoms with Crippen LogP contribution in [0.25, 0.3) is 0 Å². The molecule has 1 N–H and O–H groups in total. The van der Waals surface area contributed by atoms with Crippen LogP contribution in [0.15, 0.2) is 24.3 Å². The van der Waals surface area contributed by atoms with Crippen LogP contribution in [0.3, 0.4) is 0 Å². The molecule has 1 aromatic carbocycles. The molecule has 20 heavy (non-hydrogen) atoms. The van der Waals surface area contributed by atoms with Gasteiger partial charge >= 0.3 is 11.9 Å². The summed E-state index contributed by atoms with van der Waals surface area (Å²) in [5.41, 5.74) is 0.346. The van der Waals surface area contributed by atoms with Gasteiger partial charge in [0.05, 0.1) is 5.92 Å². The Morgan fingerprint density at radius 3 is 2.65 bits per heavy atom. The molecule has 0 spiro atoms. The third kappa shape index (κ3) is 5.82. The molecule has 0 saturated heterocycles. The highest BCUT2D eigenvalue weighted by Gasteiger charge is 2.15. The van der Waals surface area contributed by atoms with E-state index in [1.54, 1.807) is 25.1 Å². The molecule has 0 aliphatic rings. The van der Waals surface area contributed by atoms with Crippen LogP contribution in [-0.2, 0) is 20.9 Å². The maximum Gasteiger partial charge on any atom is 0.308 e. The zero-order valence-corrected chi connectivity index (χ0v) is 11.5. The SMILES string of the molecule is CC(CCCCC(=O)O)C(=O)OCc1ccccc1F. The first-order valence-corrected chi connectivity index (χ1v) is 6.62. The summed E-state index contributed by atoms with van der Waals surface area (Å²) in [5, 5.41) is 8.50. The van der Waals surface area contributed by atoms with Gasteiger partial charge in [0.25, 0.3) is 0 Å². The van der Waals surface area contributed by atoms with E-state index in [2.05, 4.69) is 0 Å². The van der Waals surface area contributed by atoms with Crippen LogP contribution in [0, 0.1) is 11.7 Å². The van der Waals surface area contributed by atoms with E-state index in [1.807, 2.05) is 0 Å². The third-order valence-electron chi connectivity index (χ3n) is 3.01. The molecule has 0 radical (unpaired) electrons. The molecule has 0 amide bonds. The highest BCUT2D eigenvalue weighted by atomic mass is 19.1. The lowest BCUT2D eigenvalue weighted by Crippen LogP contribution is -2.15. The largest absolute Gasteiger partial charge is 0.481 e. The summed E-state index contributed by atoms with van der Waals surface area (Å²) in [6, 6.07) is 6.14. The number of rotatable bonds is 8. The van der Waals surface area contributed by atoms with E-state index >= 15 is 0 Å². The van der Waals surface area contributed by atoms with Crippen molar-refractivity contribution in [3.8, 4) is 0 Å². The lowest BCUT2D eigenvalue weighted by molar-refractivity contribution is -0.149. The van der Waals surface area contributed by atoms with E-state index in [0.717, 1.165) is 0 Å². The fraction of sp³-hybridized carbons (Fsp3) is 0.467. The molecule has 0 bridgehead atoms. The molecule has 0 aromatic heterocycles. The molecule has 0 saturated carbocycles. The minimum Gasteiger partial charge on any atom is -0.481 e.